The molecule has 0 aliphatic rings. The van der Waals surface area contributed by atoms with E-state index in [2.05, 4.69) is 90.6 Å². The lowest BCUT2D eigenvalue weighted by Crippen LogP contribution is -2.26. The molecule has 0 N–H and O–H groups in total. The van der Waals surface area contributed by atoms with Crippen molar-refractivity contribution in [3.8, 4) is 21.6 Å². The second kappa shape index (κ2) is 15.7. The van der Waals surface area contributed by atoms with Crippen molar-refractivity contribution in [3.63, 3.8) is 0 Å². The number of nitrogens with zero attached hydrogens (tertiary/aromatic N) is 2. The molecule has 0 amide bonds. The first-order valence-corrected chi connectivity index (χ1v) is 13.9. The summed E-state index contributed by atoms with van der Waals surface area (Å²) in [6.45, 7) is 6.92. The van der Waals surface area contributed by atoms with Crippen LogP contribution in [0.4, 0.5) is 23.0 Å². The van der Waals surface area contributed by atoms with Gasteiger partial charge in [-0.1, -0.05) is 70.6 Å². The molecular weight excluding hydrogens is 483 g/mol. The van der Waals surface area contributed by atoms with Gasteiger partial charge in [-0.25, -0.2) is 4.57 Å². The molecule has 3 aromatic rings. The average molecular weight is 523 g/mol. The maximum absolute atomic E-state index is 9.75. The minimum atomic E-state index is -6.00. The summed E-state index contributed by atoms with van der Waals surface area (Å²) in [6, 6.07) is 15.9. The number of pyridine rings is 1. The summed E-state index contributed by atoms with van der Waals surface area (Å²) < 4.78 is 41.1. The Morgan fingerprint density at radius 3 is 1.86 bits per heavy atom. The van der Waals surface area contributed by atoms with Crippen LogP contribution in [0.2, 0.25) is 0 Å². The monoisotopic (exact) mass is 522 g/mol. The number of halogens is 4. The predicted octanol–water partition coefficient (Wildman–Crippen LogP) is 9.17. The topological polar surface area (TPSA) is 7.12 Å². The standard InChI is InChI=1S/C28H39N2S.BF4/c1-4-6-8-10-19-30(20-11-9-7-5-2)25-16-14-24(15-17-25)27-23-29(3)21-18-26(27)28-13-12-22-31-28;2-1(3,4)5/h12-18,21-23H,4-11,19-20H2,1-3H3;/q+1;-1. The van der Waals surface area contributed by atoms with Gasteiger partial charge in [0.25, 0.3) is 0 Å². The molecule has 2 aromatic heterocycles. The van der Waals surface area contributed by atoms with Gasteiger partial charge in [0.1, 0.15) is 7.05 Å². The third-order valence-electron chi connectivity index (χ3n) is 5.99. The van der Waals surface area contributed by atoms with Gasteiger partial charge in [-0.3, -0.25) is 0 Å². The highest BCUT2D eigenvalue weighted by atomic mass is 32.1. The number of aryl methyl sites for hydroxylation is 1. The molecule has 0 fully saturated rings. The van der Waals surface area contributed by atoms with Gasteiger partial charge >= 0.3 is 7.25 Å². The average Bonchev–Trinajstić information content (AvgIpc) is 3.37. The largest absolute Gasteiger partial charge is 0.673 e. The van der Waals surface area contributed by atoms with Crippen molar-refractivity contribution in [3.05, 3.63) is 60.2 Å². The normalized spacial score (nSPS) is 11.2. The minimum absolute atomic E-state index is 1.17. The summed E-state index contributed by atoms with van der Waals surface area (Å²) in [4.78, 5) is 3.94. The van der Waals surface area contributed by atoms with Crippen LogP contribution < -0.4 is 9.47 Å². The lowest BCUT2D eigenvalue weighted by atomic mass is 10.0. The summed E-state index contributed by atoms with van der Waals surface area (Å²) in [5.74, 6) is 0. The number of anilines is 1. The molecule has 3 rings (SSSR count). The minimum Gasteiger partial charge on any atom is -0.418 e. The van der Waals surface area contributed by atoms with Gasteiger partial charge in [0.2, 0.25) is 0 Å². The van der Waals surface area contributed by atoms with Crippen molar-refractivity contribution in [2.75, 3.05) is 18.0 Å². The fraction of sp³-hybridized carbons (Fsp3) is 0.464. The number of unbranched alkanes of at least 4 members (excludes halogenated alkanes) is 6. The molecule has 2 heterocycles. The van der Waals surface area contributed by atoms with Gasteiger partial charge in [-0.15, -0.1) is 11.3 Å². The number of aromatic nitrogens is 1. The van der Waals surface area contributed by atoms with E-state index < -0.39 is 7.25 Å². The van der Waals surface area contributed by atoms with Gasteiger partial charge in [0.15, 0.2) is 12.4 Å². The zero-order valence-electron chi connectivity index (χ0n) is 21.7. The van der Waals surface area contributed by atoms with E-state index in [1.165, 1.54) is 91.7 Å². The van der Waals surface area contributed by atoms with E-state index in [4.69, 9.17) is 0 Å². The van der Waals surface area contributed by atoms with Crippen molar-refractivity contribution in [2.45, 2.75) is 65.2 Å². The fourth-order valence-corrected chi connectivity index (χ4v) is 4.92. The summed E-state index contributed by atoms with van der Waals surface area (Å²) >= 11 is 1.81. The number of hydrogen-bond donors (Lipinski definition) is 0. The number of thiophene rings is 1. The molecule has 0 unspecified atom stereocenters. The van der Waals surface area contributed by atoms with E-state index in [0.29, 0.717) is 0 Å². The lowest BCUT2D eigenvalue weighted by molar-refractivity contribution is -0.670. The van der Waals surface area contributed by atoms with Crippen LogP contribution in [0.5, 0.6) is 0 Å². The molecule has 0 bridgehead atoms. The SMILES string of the molecule is CCCCCCN(CCCCCC)c1ccc(-c2c[n+](C)ccc2-c2cccs2)cc1.F[B-](F)(F)F. The Hall–Kier alpha value is -2.35. The van der Waals surface area contributed by atoms with Crippen molar-refractivity contribution >= 4 is 24.3 Å². The third-order valence-corrected chi connectivity index (χ3v) is 6.90. The number of hydrogen-bond acceptors (Lipinski definition) is 2. The molecular formula is C28H39BF4N2S. The highest BCUT2D eigenvalue weighted by Gasteiger charge is 2.20. The molecule has 8 heteroatoms. The first kappa shape index (κ1) is 29.9. The lowest BCUT2D eigenvalue weighted by Gasteiger charge is -2.25. The molecule has 0 radical (unpaired) electrons. The summed E-state index contributed by atoms with van der Waals surface area (Å²) in [5, 5.41) is 2.16. The van der Waals surface area contributed by atoms with Crippen LogP contribution in [0, 0.1) is 0 Å². The predicted molar refractivity (Wildman–Crippen MR) is 147 cm³/mol. The number of benzene rings is 1. The highest BCUT2D eigenvalue weighted by Crippen LogP contribution is 2.34. The molecule has 0 aliphatic heterocycles. The zero-order chi connectivity index (χ0) is 26.4. The second-order valence-corrected chi connectivity index (χ2v) is 10.0. The van der Waals surface area contributed by atoms with Crippen LogP contribution >= 0.6 is 11.3 Å². The Kier molecular flexibility index (Phi) is 13.0. The van der Waals surface area contributed by atoms with E-state index in [-0.39, 0.29) is 0 Å². The van der Waals surface area contributed by atoms with Crippen LogP contribution in [0.25, 0.3) is 21.6 Å². The van der Waals surface area contributed by atoms with Gasteiger partial charge in [0.05, 0.1) is 5.56 Å². The third kappa shape index (κ3) is 11.1. The Balaban J connectivity index is 0.000000830. The molecule has 0 saturated heterocycles. The Morgan fingerprint density at radius 1 is 0.778 bits per heavy atom. The van der Waals surface area contributed by atoms with Crippen molar-refractivity contribution in [1.29, 1.82) is 0 Å². The van der Waals surface area contributed by atoms with Crippen molar-refractivity contribution in [1.82, 2.24) is 0 Å². The molecule has 2 nitrogen and oxygen atoms in total. The maximum atomic E-state index is 9.75. The van der Waals surface area contributed by atoms with Gasteiger partial charge < -0.3 is 22.2 Å². The molecule has 1 aromatic carbocycles. The van der Waals surface area contributed by atoms with Gasteiger partial charge in [-0.05, 0) is 42.0 Å². The smallest absolute Gasteiger partial charge is 0.418 e. The molecule has 0 aliphatic carbocycles. The zero-order valence-corrected chi connectivity index (χ0v) is 22.6. The first-order chi connectivity index (χ1) is 17.2. The van der Waals surface area contributed by atoms with Crippen LogP contribution in [-0.2, 0) is 7.05 Å². The molecule has 0 atom stereocenters. The Labute approximate surface area is 218 Å². The van der Waals surface area contributed by atoms with E-state index in [1.54, 1.807) is 0 Å². The quantitative estimate of drug-likeness (QED) is 0.0940. The van der Waals surface area contributed by atoms with Crippen molar-refractivity contribution < 1.29 is 21.8 Å². The van der Waals surface area contributed by atoms with Crippen LogP contribution in [-0.4, -0.2) is 20.3 Å². The Bertz CT molecular complexity index is 974. The second-order valence-electron chi connectivity index (χ2n) is 9.07. The van der Waals surface area contributed by atoms with Crippen molar-refractivity contribution in [2.24, 2.45) is 7.05 Å². The van der Waals surface area contributed by atoms with E-state index in [9.17, 15) is 17.3 Å². The number of rotatable bonds is 13. The maximum Gasteiger partial charge on any atom is 0.673 e. The van der Waals surface area contributed by atoms with Gasteiger partial charge in [0, 0.05) is 35.3 Å². The van der Waals surface area contributed by atoms with Gasteiger partial charge in [-0.2, -0.15) is 0 Å². The van der Waals surface area contributed by atoms with Crippen LogP contribution in [0.3, 0.4) is 0 Å². The van der Waals surface area contributed by atoms with E-state index >= 15 is 0 Å². The molecule has 198 valence electrons. The summed E-state index contributed by atoms with van der Waals surface area (Å²) in [7, 11) is -3.90. The molecule has 0 saturated carbocycles. The molecule has 0 spiro atoms. The summed E-state index contributed by atoms with van der Waals surface area (Å²) in [6.07, 6.45) is 14.9. The fourth-order valence-electron chi connectivity index (χ4n) is 4.16. The van der Waals surface area contributed by atoms with Crippen LogP contribution in [0.1, 0.15) is 65.2 Å². The van der Waals surface area contributed by atoms with E-state index in [0.717, 1.165) is 0 Å². The highest BCUT2D eigenvalue weighted by molar-refractivity contribution is 7.13. The first-order valence-electron chi connectivity index (χ1n) is 13.0. The van der Waals surface area contributed by atoms with Crippen LogP contribution in [0.15, 0.2) is 60.2 Å². The Morgan fingerprint density at radius 2 is 1.36 bits per heavy atom. The molecule has 36 heavy (non-hydrogen) atoms. The summed E-state index contributed by atoms with van der Waals surface area (Å²) in [5.41, 5.74) is 5.28. The van der Waals surface area contributed by atoms with E-state index in [1.807, 2.05) is 11.3 Å².